The first-order valence-electron chi connectivity index (χ1n) is 7.75. The third-order valence-corrected chi connectivity index (χ3v) is 4.58. The third-order valence-electron chi connectivity index (χ3n) is 4.58. The van der Waals surface area contributed by atoms with Gasteiger partial charge >= 0.3 is 5.97 Å². The summed E-state index contributed by atoms with van der Waals surface area (Å²) in [5.74, 6) is 0.305. The summed E-state index contributed by atoms with van der Waals surface area (Å²) in [6, 6.07) is 0. The van der Waals surface area contributed by atoms with E-state index < -0.39 is 5.54 Å². The maximum atomic E-state index is 12.4. The number of likely N-dealkylation sites (tertiary alicyclic amines) is 1. The van der Waals surface area contributed by atoms with E-state index in [2.05, 4.69) is 10.2 Å². The summed E-state index contributed by atoms with van der Waals surface area (Å²) in [4.78, 5) is 14.7. The van der Waals surface area contributed by atoms with E-state index in [4.69, 9.17) is 9.47 Å². The molecule has 2 atom stereocenters. The Kier molecular flexibility index (Phi) is 5.41. The molecule has 116 valence electrons. The lowest BCUT2D eigenvalue weighted by Gasteiger charge is -2.40. The van der Waals surface area contributed by atoms with Crippen LogP contribution in [0.25, 0.3) is 0 Å². The standard InChI is InChI=1S/C15H28N2O3/c1-4-16-15(12-7-8-12,14(18)20-3)11-17-9-5-6-13(10-17)19-2/h12-13,16H,4-11H2,1-3H3. The Morgan fingerprint density at radius 2 is 2.10 bits per heavy atom. The molecule has 0 aromatic rings. The molecule has 1 saturated carbocycles. The molecular weight excluding hydrogens is 256 g/mol. The maximum Gasteiger partial charge on any atom is 0.327 e. The molecule has 2 fully saturated rings. The highest BCUT2D eigenvalue weighted by Gasteiger charge is 2.52. The molecule has 1 saturated heterocycles. The smallest absolute Gasteiger partial charge is 0.327 e. The zero-order valence-corrected chi connectivity index (χ0v) is 13.0. The van der Waals surface area contributed by atoms with Gasteiger partial charge in [0.15, 0.2) is 0 Å². The molecular formula is C15H28N2O3. The van der Waals surface area contributed by atoms with Crippen LogP contribution in [0.2, 0.25) is 0 Å². The van der Waals surface area contributed by atoms with Gasteiger partial charge in [-0.3, -0.25) is 4.90 Å². The summed E-state index contributed by atoms with van der Waals surface area (Å²) in [7, 11) is 3.26. The van der Waals surface area contributed by atoms with Crippen molar-refractivity contribution in [1.82, 2.24) is 10.2 Å². The molecule has 5 heteroatoms. The first-order valence-corrected chi connectivity index (χ1v) is 7.75. The normalized spacial score (nSPS) is 27.1. The van der Waals surface area contributed by atoms with Crippen LogP contribution in [0.3, 0.4) is 0 Å². The topological polar surface area (TPSA) is 50.8 Å². The predicted molar refractivity (Wildman–Crippen MR) is 77.6 cm³/mol. The van der Waals surface area contributed by atoms with Crippen molar-refractivity contribution < 1.29 is 14.3 Å². The van der Waals surface area contributed by atoms with E-state index in [1.54, 1.807) is 7.11 Å². The first-order chi connectivity index (χ1) is 9.66. The SMILES string of the molecule is CCNC(CN1CCCC(OC)C1)(C(=O)OC)C1CC1. The van der Waals surface area contributed by atoms with Gasteiger partial charge in [0, 0.05) is 20.2 Å². The molecule has 2 unspecified atom stereocenters. The minimum absolute atomic E-state index is 0.110. The fourth-order valence-electron chi connectivity index (χ4n) is 3.41. The van der Waals surface area contributed by atoms with E-state index in [1.807, 2.05) is 6.92 Å². The van der Waals surface area contributed by atoms with Gasteiger partial charge in [0.05, 0.1) is 13.2 Å². The fourth-order valence-corrected chi connectivity index (χ4v) is 3.41. The summed E-state index contributed by atoms with van der Waals surface area (Å²) < 4.78 is 10.6. The van der Waals surface area contributed by atoms with Crippen LogP contribution in [0, 0.1) is 5.92 Å². The molecule has 5 nitrogen and oxygen atoms in total. The Labute approximate surface area is 122 Å². The number of piperidine rings is 1. The molecule has 1 N–H and O–H groups in total. The third kappa shape index (κ3) is 3.32. The molecule has 0 aromatic heterocycles. The number of methoxy groups -OCH3 is 2. The molecule has 1 aliphatic carbocycles. The fraction of sp³-hybridized carbons (Fsp3) is 0.933. The van der Waals surface area contributed by atoms with Crippen molar-refractivity contribution in [3.63, 3.8) is 0 Å². The number of nitrogens with one attached hydrogen (secondary N) is 1. The minimum atomic E-state index is -0.529. The van der Waals surface area contributed by atoms with E-state index in [9.17, 15) is 4.79 Å². The van der Waals surface area contributed by atoms with E-state index >= 15 is 0 Å². The van der Waals surface area contributed by atoms with Gasteiger partial charge in [-0.25, -0.2) is 4.79 Å². The largest absolute Gasteiger partial charge is 0.468 e. The van der Waals surface area contributed by atoms with Gasteiger partial charge in [-0.05, 0) is 44.7 Å². The van der Waals surface area contributed by atoms with Gasteiger partial charge in [0.2, 0.25) is 0 Å². The number of carbonyl (C=O) groups is 1. The molecule has 2 rings (SSSR count). The minimum Gasteiger partial charge on any atom is -0.468 e. The summed E-state index contributed by atoms with van der Waals surface area (Å²) in [6.45, 7) is 5.52. The second-order valence-electron chi connectivity index (χ2n) is 6.00. The second-order valence-corrected chi connectivity index (χ2v) is 6.00. The van der Waals surface area contributed by atoms with Crippen molar-refractivity contribution in [2.45, 2.75) is 44.2 Å². The van der Waals surface area contributed by atoms with Crippen LogP contribution in [0.5, 0.6) is 0 Å². The van der Waals surface area contributed by atoms with Crippen LogP contribution in [0.4, 0.5) is 0 Å². The van der Waals surface area contributed by atoms with Gasteiger partial charge in [-0.1, -0.05) is 6.92 Å². The average molecular weight is 284 g/mol. The molecule has 1 heterocycles. The van der Waals surface area contributed by atoms with E-state index in [-0.39, 0.29) is 5.97 Å². The number of hydrogen-bond acceptors (Lipinski definition) is 5. The van der Waals surface area contributed by atoms with Crippen molar-refractivity contribution >= 4 is 5.97 Å². The monoisotopic (exact) mass is 284 g/mol. The van der Waals surface area contributed by atoms with Crippen molar-refractivity contribution in [3.8, 4) is 0 Å². The maximum absolute atomic E-state index is 12.4. The molecule has 0 bridgehead atoms. The van der Waals surface area contributed by atoms with Crippen molar-refractivity contribution in [2.75, 3.05) is 40.4 Å². The van der Waals surface area contributed by atoms with Crippen LogP contribution in [0.1, 0.15) is 32.6 Å². The molecule has 0 aromatic carbocycles. The molecule has 0 spiro atoms. The van der Waals surface area contributed by atoms with Crippen molar-refractivity contribution in [2.24, 2.45) is 5.92 Å². The molecule has 0 amide bonds. The van der Waals surface area contributed by atoms with E-state index in [0.29, 0.717) is 12.0 Å². The second kappa shape index (κ2) is 6.87. The highest BCUT2D eigenvalue weighted by atomic mass is 16.5. The Morgan fingerprint density at radius 3 is 2.65 bits per heavy atom. The van der Waals surface area contributed by atoms with Gasteiger partial charge in [0.1, 0.15) is 5.54 Å². The van der Waals surface area contributed by atoms with Crippen LogP contribution in [0.15, 0.2) is 0 Å². The van der Waals surface area contributed by atoms with Gasteiger partial charge in [-0.15, -0.1) is 0 Å². The summed E-state index contributed by atoms with van der Waals surface area (Å²) in [6.07, 6.45) is 4.77. The van der Waals surface area contributed by atoms with Crippen LogP contribution in [-0.4, -0.2) is 62.9 Å². The number of nitrogens with zero attached hydrogens (tertiary/aromatic N) is 1. The lowest BCUT2D eigenvalue weighted by atomic mass is 9.91. The van der Waals surface area contributed by atoms with Crippen molar-refractivity contribution in [3.05, 3.63) is 0 Å². The number of esters is 1. The lowest BCUT2D eigenvalue weighted by Crippen LogP contribution is -2.62. The molecule has 2 aliphatic rings. The first kappa shape index (κ1) is 15.7. The molecule has 20 heavy (non-hydrogen) atoms. The van der Waals surface area contributed by atoms with E-state index in [1.165, 1.54) is 7.11 Å². The average Bonchev–Trinajstić information content (AvgIpc) is 3.31. The van der Waals surface area contributed by atoms with Crippen LogP contribution in [-0.2, 0) is 14.3 Å². The van der Waals surface area contributed by atoms with Gasteiger partial charge < -0.3 is 14.8 Å². The number of rotatable bonds is 7. The van der Waals surface area contributed by atoms with Crippen LogP contribution < -0.4 is 5.32 Å². The molecule has 1 aliphatic heterocycles. The number of ether oxygens (including phenoxy) is 2. The number of hydrogen-bond donors (Lipinski definition) is 1. The predicted octanol–water partition coefficient (Wildman–Crippen LogP) is 1.03. The van der Waals surface area contributed by atoms with Gasteiger partial charge in [-0.2, -0.15) is 0 Å². The highest BCUT2D eigenvalue weighted by molar-refractivity contribution is 5.82. The zero-order chi connectivity index (χ0) is 14.6. The summed E-state index contributed by atoms with van der Waals surface area (Å²) >= 11 is 0. The Balaban J connectivity index is 2.08. The summed E-state index contributed by atoms with van der Waals surface area (Å²) in [5.41, 5.74) is -0.529. The van der Waals surface area contributed by atoms with Gasteiger partial charge in [0.25, 0.3) is 0 Å². The number of carbonyl (C=O) groups excluding carboxylic acids is 1. The summed E-state index contributed by atoms with van der Waals surface area (Å²) in [5, 5.41) is 3.43. The Bertz CT molecular complexity index is 333. The molecule has 0 radical (unpaired) electrons. The van der Waals surface area contributed by atoms with E-state index in [0.717, 1.165) is 51.9 Å². The zero-order valence-electron chi connectivity index (χ0n) is 13.0. The number of likely N-dealkylation sites (N-methyl/N-ethyl adjacent to an activating group) is 1. The van der Waals surface area contributed by atoms with Crippen molar-refractivity contribution in [1.29, 1.82) is 0 Å². The Hall–Kier alpha value is -0.650. The highest BCUT2D eigenvalue weighted by Crippen LogP contribution is 2.41. The van der Waals surface area contributed by atoms with Crippen LogP contribution >= 0.6 is 0 Å². The lowest BCUT2D eigenvalue weighted by molar-refractivity contribution is -0.151. The Morgan fingerprint density at radius 1 is 1.35 bits per heavy atom. The quantitative estimate of drug-likeness (QED) is 0.708.